The predicted octanol–water partition coefficient (Wildman–Crippen LogP) is 1.09. The number of methoxy groups -OCH3 is 1. The van der Waals surface area contributed by atoms with Gasteiger partial charge in [0, 0.05) is 6.07 Å². The summed E-state index contributed by atoms with van der Waals surface area (Å²) in [5.74, 6) is -0.0135. The monoisotopic (exact) mass is 247 g/mol. The minimum atomic E-state index is -0.931. The molecule has 1 aromatic heterocycles. The van der Waals surface area contributed by atoms with E-state index in [1.807, 2.05) is 6.07 Å². The van der Waals surface area contributed by atoms with Gasteiger partial charge in [-0.15, -0.1) is 0 Å². The Morgan fingerprint density at radius 1 is 1.56 bits per heavy atom. The number of hydrogen-bond acceptors (Lipinski definition) is 4. The number of aliphatic carboxylic acids is 1. The molecular weight excluding hydrogens is 234 g/mol. The van der Waals surface area contributed by atoms with Gasteiger partial charge in [0.05, 0.1) is 31.1 Å². The Morgan fingerprint density at radius 3 is 3.00 bits per heavy atom. The summed E-state index contributed by atoms with van der Waals surface area (Å²) in [7, 11) is 1.56. The number of ether oxygens (including phenoxy) is 1. The number of carboxylic acid groups (broad SMARTS) is 1. The number of imidazole rings is 1. The number of nitrogens with two attached hydrogens (primary N) is 1. The van der Waals surface area contributed by atoms with Crippen molar-refractivity contribution in [3.05, 3.63) is 36.2 Å². The van der Waals surface area contributed by atoms with Gasteiger partial charge in [0.2, 0.25) is 5.95 Å². The van der Waals surface area contributed by atoms with E-state index in [9.17, 15) is 4.79 Å². The average molecular weight is 247 g/mol. The van der Waals surface area contributed by atoms with E-state index in [4.69, 9.17) is 15.6 Å². The third kappa shape index (κ3) is 2.27. The minimum absolute atomic E-state index is 0.137. The van der Waals surface area contributed by atoms with E-state index < -0.39 is 5.97 Å². The molecule has 0 unspecified atom stereocenters. The standard InChI is InChI=1S/C12H13N3O3/c1-18-10-4-2-3-8(5-10)15-9(6-11(16)17)7-14-12(15)13/h2-5,7H,6H2,1H3,(H2,13,14)(H,16,17). The van der Waals surface area contributed by atoms with E-state index >= 15 is 0 Å². The summed E-state index contributed by atoms with van der Waals surface area (Å²) in [4.78, 5) is 14.7. The fourth-order valence-corrected chi connectivity index (χ4v) is 1.73. The van der Waals surface area contributed by atoms with Crippen molar-refractivity contribution in [2.45, 2.75) is 6.42 Å². The Hall–Kier alpha value is -2.50. The highest BCUT2D eigenvalue weighted by Gasteiger charge is 2.12. The van der Waals surface area contributed by atoms with E-state index in [1.54, 1.807) is 29.9 Å². The maximum atomic E-state index is 10.8. The predicted molar refractivity (Wildman–Crippen MR) is 65.9 cm³/mol. The zero-order valence-electron chi connectivity index (χ0n) is 9.83. The highest BCUT2D eigenvalue weighted by Crippen LogP contribution is 2.21. The first-order chi connectivity index (χ1) is 8.61. The summed E-state index contributed by atoms with van der Waals surface area (Å²) in [6.45, 7) is 0. The van der Waals surface area contributed by atoms with Crippen molar-refractivity contribution in [3.8, 4) is 11.4 Å². The molecule has 1 aromatic carbocycles. The van der Waals surface area contributed by atoms with Crippen molar-refractivity contribution in [2.24, 2.45) is 0 Å². The summed E-state index contributed by atoms with van der Waals surface area (Å²) in [6.07, 6.45) is 1.32. The molecule has 2 aromatic rings. The van der Waals surface area contributed by atoms with Gasteiger partial charge in [-0.25, -0.2) is 4.98 Å². The molecule has 0 aliphatic heterocycles. The molecule has 1 heterocycles. The van der Waals surface area contributed by atoms with Crippen molar-refractivity contribution < 1.29 is 14.6 Å². The van der Waals surface area contributed by atoms with Crippen LogP contribution in [-0.4, -0.2) is 27.7 Å². The normalized spacial score (nSPS) is 10.3. The van der Waals surface area contributed by atoms with Gasteiger partial charge in [-0.2, -0.15) is 0 Å². The van der Waals surface area contributed by atoms with Gasteiger partial charge in [-0.3, -0.25) is 9.36 Å². The molecule has 18 heavy (non-hydrogen) atoms. The van der Waals surface area contributed by atoms with Crippen molar-refractivity contribution in [1.29, 1.82) is 0 Å². The lowest BCUT2D eigenvalue weighted by Gasteiger charge is -2.10. The van der Waals surface area contributed by atoms with Crippen LogP contribution in [0.2, 0.25) is 0 Å². The van der Waals surface area contributed by atoms with Crippen molar-refractivity contribution in [3.63, 3.8) is 0 Å². The van der Waals surface area contributed by atoms with Crippen molar-refractivity contribution in [1.82, 2.24) is 9.55 Å². The van der Waals surface area contributed by atoms with E-state index in [0.29, 0.717) is 11.4 Å². The zero-order valence-corrected chi connectivity index (χ0v) is 9.83. The van der Waals surface area contributed by atoms with Gasteiger partial charge in [-0.05, 0) is 12.1 Å². The number of hydrogen-bond donors (Lipinski definition) is 2. The van der Waals surface area contributed by atoms with Crippen LogP contribution in [0.15, 0.2) is 30.5 Å². The second-order valence-electron chi connectivity index (χ2n) is 3.72. The topological polar surface area (TPSA) is 90.4 Å². The number of carboxylic acids is 1. The molecule has 0 aliphatic carbocycles. The van der Waals surface area contributed by atoms with Gasteiger partial charge >= 0.3 is 5.97 Å². The van der Waals surface area contributed by atoms with Crippen LogP contribution in [0.3, 0.4) is 0 Å². The van der Waals surface area contributed by atoms with E-state index in [0.717, 1.165) is 5.69 Å². The number of aromatic nitrogens is 2. The molecule has 0 spiro atoms. The van der Waals surface area contributed by atoms with Crippen molar-refractivity contribution >= 4 is 11.9 Å². The highest BCUT2D eigenvalue weighted by atomic mass is 16.5. The Morgan fingerprint density at radius 2 is 2.33 bits per heavy atom. The number of anilines is 1. The first-order valence-corrected chi connectivity index (χ1v) is 5.30. The van der Waals surface area contributed by atoms with Crippen LogP contribution in [0, 0.1) is 0 Å². The molecule has 0 saturated heterocycles. The zero-order chi connectivity index (χ0) is 13.1. The summed E-state index contributed by atoms with van der Waals surface area (Å²) in [5, 5.41) is 8.84. The molecule has 0 atom stereocenters. The highest BCUT2D eigenvalue weighted by molar-refractivity contribution is 5.70. The summed E-state index contributed by atoms with van der Waals surface area (Å²) in [6, 6.07) is 7.18. The molecular formula is C12H13N3O3. The molecule has 0 fully saturated rings. The maximum absolute atomic E-state index is 10.8. The smallest absolute Gasteiger partial charge is 0.309 e. The van der Waals surface area contributed by atoms with Crippen LogP contribution in [0.5, 0.6) is 5.75 Å². The number of nitrogen functional groups attached to an aromatic ring is 1. The van der Waals surface area contributed by atoms with E-state index in [2.05, 4.69) is 4.98 Å². The Balaban J connectivity index is 2.48. The first kappa shape index (κ1) is 12.0. The SMILES string of the molecule is COc1cccc(-n2c(CC(=O)O)cnc2N)c1. The summed E-state index contributed by atoms with van der Waals surface area (Å²) < 4.78 is 6.72. The van der Waals surface area contributed by atoms with Crippen LogP contribution in [0.4, 0.5) is 5.95 Å². The number of carbonyl (C=O) groups is 1. The fraction of sp³-hybridized carbons (Fsp3) is 0.167. The summed E-state index contributed by atoms with van der Waals surface area (Å²) in [5.41, 5.74) is 7.00. The van der Waals surface area contributed by atoms with Crippen LogP contribution < -0.4 is 10.5 Å². The maximum Gasteiger partial charge on any atom is 0.309 e. The third-order valence-corrected chi connectivity index (χ3v) is 2.51. The Kier molecular flexibility index (Phi) is 3.18. The van der Waals surface area contributed by atoms with Gasteiger partial charge in [-0.1, -0.05) is 6.07 Å². The Bertz CT molecular complexity index is 578. The lowest BCUT2D eigenvalue weighted by atomic mass is 10.2. The number of benzene rings is 1. The van der Waals surface area contributed by atoms with E-state index in [-0.39, 0.29) is 12.4 Å². The first-order valence-electron chi connectivity index (χ1n) is 5.30. The molecule has 0 aliphatic rings. The second-order valence-corrected chi connectivity index (χ2v) is 3.72. The van der Waals surface area contributed by atoms with Crippen LogP contribution in [0.1, 0.15) is 5.69 Å². The minimum Gasteiger partial charge on any atom is -0.497 e. The number of nitrogens with zero attached hydrogens (tertiary/aromatic N) is 2. The molecule has 0 saturated carbocycles. The molecule has 6 nitrogen and oxygen atoms in total. The Labute approximate surface area is 104 Å². The summed E-state index contributed by atoms with van der Waals surface area (Å²) >= 11 is 0. The molecule has 2 rings (SSSR count). The van der Waals surface area contributed by atoms with Crippen LogP contribution >= 0.6 is 0 Å². The number of rotatable bonds is 4. The fourth-order valence-electron chi connectivity index (χ4n) is 1.73. The molecule has 3 N–H and O–H groups in total. The quantitative estimate of drug-likeness (QED) is 0.844. The second kappa shape index (κ2) is 4.79. The molecule has 0 radical (unpaired) electrons. The van der Waals surface area contributed by atoms with Gasteiger partial charge < -0.3 is 15.6 Å². The molecule has 6 heteroatoms. The average Bonchev–Trinajstić information content (AvgIpc) is 2.70. The largest absolute Gasteiger partial charge is 0.497 e. The van der Waals surface area contributed by atoms with E-state index in [1.165, 1.54) is 6.20 Å². The lowest BCUT2D eigenvalue weighted by molar-refractivity contribution is -0.136. The van der Waals surface area contributed by atoms with Gasteiger partial charge in [0.25, 0.3) is 0 Å². The molecule has 0 bridgehead atoms. The van der Waals surface area contributed by atoms with Crippen LogP contribution in [-0.2, 0) is 11.2 Å². The molecule has 0 amide bonds. The third-order valence-electron chi connectivity index (χ3n) is 2.51. The van der Waals surface area contributed by atoms with Crippen LogP contribution in [0.25, 0.3) is 5.69 Å². The van der Waals surface area contributed by atoms with Gasteiger partial charge in [0.15, 0.2) is 0 Å². The molecule has 94 valence electrons. The van der Waals surface area contributed by atoms with Gasteiger partial charge in [0.1, 0.15) is 5.75 Å². The van der Waals surface area contributed by atoms with Crippen molar-refractivity contribution in [2.75, 3.05) is 12.8 Å². The lowest BCUT2D eigenvalue weighted by Crippen LogP contribution is -2.09.